The summed E-state index contributed by atoms with van der Waals surface area (Å²) in [6.45, 7) is 12.7. The van der Waals surface area contributed by atoms with Gasteiger partial charge in [0, 0.05) is 32.8 Å². The van der Waals surface area contributed by atoms with Crippen molar-refractivity contribution in [3.8, 4) is 0 Å². The van der Waals surface area contributed by atoms with Crippen LogP contribution in [0.25, 0.3) is 0 Å². The van der Waals surface area contributed by atoms with Gasteiger partial charge in [-0.15, -0.1) is 0 Å². The van der Waals surface area contributed by atoms with Crippen molar-refractivity contribution in [2.24, 2.45) is 0 Å². The highest BCUT2D eigenvalue weighted by atomic mass is 16.6. The van der Waals surface area contributed by atoms with Crippen LogP contribution in [0.1, 0.15) is 71.6 Å². The Bertz CT molecular complexity index is 629. The molecule has 0 aliphatic heterocycles. The molecule has 1 rings (SSSR count). The molecule has 6 nitrogen and oxygen atoms in total. The van der Waals surface area contributed by atoms with E-state index in [4.69, 9.17) is 14.5 Å². The van der Waals surface area contributed by atoms with Gasteiger partial charge in [-0.05, 0) is 84.5 Å². The molecule has 0 saturated heterocycles. The number of aromatic nitrogens is 1. The summed E-state index contributed by atoms with van der Waals surface area (Å²) >= 11 is 0. The van der Waals surface area contributed by atoms with E-state index in [2.05, 4.69) is 36.2 Å². The van der Waals surface area contributed by atoms with E-state index in [1.54, 1.807) is 7.11 Å². The first-order valence-corrected chi connectivity index (χ1v) is 11.3. The number of carbonyl (C=O) groups excluding carboxylic acids is 1. The fourth-order valence-electron chi connectivity index (χ4n) is 3.38. The number of anilines is 1. The van der Waals surface area contributed by atoms with Crippen molar-refractivity contribution in [2.45, 2.75) is 84.8 Å². The van der Waals surface area contributed by atoms with Crippen LogP contribution >= 0.6 is 0 Å². The summed E-state index contributed by atoms with van der Waals surface area (Å²) < 4.78 is 10.9. The van der Waals surface area contributed by atoms with E-state index in [1.165, 1.54) is 5.56 Å². The standard InChI is InChI=1S/C24H43N3O3/c1-8-20-14-15-21(26-23(20)25-6)12-9-10-16-27(18-19(2)29-7)17-11-13-22(28)30-24(3,4)5/h14-15,19H,8-13,16-18H2,1-7H3,(H,25,26)/t19-/m1/s1. The van der Waals surface area contributed by atoms with Gasteiger partial charge in [-0.1, -0.05) is 13.0 Å². The molecular weight excluding hydrogens is 378 g/mol. The Morgan fingerprint density at radius 1 is 1.20 bits per heavy atom. The smallest absolute Gasteiger partial charge is 0.306 e. The summed E-state index contributed by atoms with van der Waals surface area (Å²) in [6.07, 6.45) is 5.57. The second kappa shape index (κ2) is 13.6. The van der Waals surface area contributed by atoms with E-state index in [9.17, 15) is 4.79 Å². The summed E-state index contributed by atoms with van der Waals surface area (Å²) in [5.41, 5.74) is 1.97. The van der Waals surface area contributed by atoms with Gasteiger partial charge in [-0.25, -0.2) is 4.98 Å². The Balaban J connectivity index is 2.45. The minimum atomic E-state index is -0.419. The number of esters is 1. The second-order valence-corrected chi connectivity index (χ2v) is 8.91. The number of ether oxygens (including phenoxy) is 2. The minimum Gasteiger partial charge on any atom is -0.460 e. The number of pyridine rings is 1. The number of hydrogen-bond donors (Lipinski definition) is 1. The van der Waals surface area contributed by atoms with E-state index >= 15 is 0 Å². The zero-order valence-corrected chi connectivity index (χ0v) is 20.2. The Hall–Kier alpha value is -1.66. The summed E-state index contributed by atoms with van der Waals surface area (Å²) in [6, 6.07) is 4.32. The lowest BCUT2D eigenvalue weighted by molar-refractivity contribution is -0.155. The summed E-state index contributed by atoms with van der Waals surface area (Å²) in [4.78, 5) is 19.1. The van der Waals surface area contributed by atoms with Crippen LogP contribution in [-0.4, -0.2) is 61.3 Å². The molecule has 0 radical (unpaired) electrons. The first-order chi connectivity index (χ1) is 14.2. The highest BCUT2D eigenvalue weighted by Gasteiger charge is 2.17. The van der Waals surface area contributed by atoms with Crippen LogP contribution in [0.15, 0.2) is 12.1 Å². The molecule has 0 saturated carbocycles. The number of carbonyl (C=O) groups is 1. The highest BCUT2D eigenvalue weighted by Crippen LogP contribution is 2.15. The third-order valence-electron chi connectivity index (χ3n) is 5.00. The Kier molecular flexibility index (Phi) is 12.0. The molecule has 0 aliphatic carbocycles. The third kappa shape index (κ3) is 10.9. The minimum absolute atomic E-state index is 0.121. The lowest BCUT2D eigenvalue weighted by Crippen LogP contribution is -2.34. The monoisotopic (exact) mass is 421 g/mol. The number of rotatable bonds is 14. The Labute approximate surface area is 183 Å². The van der Waals surface area contributed by atoms with Crippen LogP contribution in [-0.2, 0) is 27.1 Å². The number of unbranched alkanes of at least 4 members (excludes halogenated alkanes) is 1. The van der Waals surface area contributed by atoms with Gasteiger partial charge in [0.1, 0.15) is 11.4 Å². The Morgan fingerprint density at radius 2 is 1.90 bits per heavy atom. The molecule has 0 unspecified atom stereocenters. The van der Waals surface area contributed by atoms with Crippen molar-refractivity contribution < 1.29 is 14.3 Å². The Morgan fingerprint density at radius 3 is 2.50 bits per heavy atom. The van der Waals surface area contributed by atoms with Gasteiger partial charge in [0.05, 0.1) is 6.10 Å². The predicted octanol–water partition coefficient (Wildman–Crippen LogP) is 4.47. The fourth-order valence-corrected chi connectivity index (χ4v) is 3.38. The van der Waals surface area contributed by atoms with E-state index in [0.717, 1.165) is 63.3 Å². The van der Waals surface area contributed by atoms with Crippen molar-refractivity contribution in [3.05, 3.63) is 23.4 Å². The second-order valence-electron chi connectivity index (χ2n) is 8.91. The molecule has 30 heavy (non-hydrogen) atoms. The van der Waals surface area contributed by atoms with Crippen molar-refractivity contribution in [3.63, 3.8) is 0 Å². The molecule has 1 aromatic heterocycles. The maximum atomic E-state index is 12.0. The number of methoxy groups -OCH3 is 1. The largest absolute Gasteiger partial charge is 0.460 e. The van der Waals surface area contributed by atoms with Gasteiger partial charge in [0.25, 0.3) is 0 Å². The molecule has 1 aromatic rings. The van der Waals surface area contributed by atoms with E-state index in [-0.39, 0.29) is 12.1 Å². The van der Waals surface area contributed by atoms with E-state index in [1.807, 2.05) is 27.8 Å². The average Bonchev–Trinajstić information content (AvgIpc) is 2.69. The zero-order chi connectivity index (χ0) is 22.6. The van der Waals surface area contributed by atoms with Gasteiger partial charge in [-0.3, -0.25) is 4.79 Å². The van der Waals surface area contributed by atoms with Crippen molar-refractivity contribution >= 4 is 11.8 Å². The summed E-state index contributed by atoms with van der Waals surface area (Å²) in [5.74, 6) is 0.872. The maximum Gasteiger partial charge on any atom is 0.306 e. The maximum absolute atomic E-state index is 12.0. The molecule has 6 heteroatoms. The number of aryl methyl sites for hydroxylation is 2. The van der Waals surface area contributed by atoms with Gasteiger partial charge >= 0.3 is 5.97 Å². The SMILES string of the molecule is CCc1ccc(CCCCN(CCCC(=O)OC(C)(C)C)C[C@@H](C)OC)nc1NC. The quantitative estimate of drug-likeness (QED) is 0.353. The third-order valence-corrected chi connectivity index (χ3v) is 5.00. The number of hydrogen-bond acceptors (Lipinski definition) is 6. The fraction of sp³-hybridized carbons (Fsp3) is 0.750. The van der Waals surface area contributed by atoms with Crippen LogP contribution in [0.2, 0.25) is 0 Å². The number of nitrogens with zero attached hydrogens (tertiary/aromatic N) is 2. The average molecular weight is 422 g/mol. The van der Waals surface area contributed by atoms with Gasteiger partial charge in [0.15, 0.2) is 0 Å². The molecule has 0 bridgehead atoms. The molecule has 1 heterocycles. The van der Waals surface area contributed by atoms with Crippen molar-refractivity contribution in [2.75, 3.05) is 39.1 Å². The number of nitrogens with one attached hydrogen (secondary N) is 1. The lowest BCUT2D eigenvalue weighted by atomic mass is 10.1. The van der Waals surface area contributed by atoms with Crippen molar-refractivity contribution in [1.29, 1.82) is 0 Å². The first kappa shape index (κ1) is 26.4. The normalized spacial score (nSPS) is 12.8. The molecule has 0 fully saturated rings. The topological polar surface area (TPSA) is 63.7 Å². The summed E-state index contributed by atoms with van der Waals surface area (Å²) in [7, 11) is 3.67. The van der Waals surface area contributed by atoms with Crippen LogP contribution in [0.5, 0.6) is 0 Å². The van der Waals surface area contributed by atoms with Crippen LogP contribution < -0.4 is 5.32 Å². The molecule has 0 spiro atoms. The zero-order valence-electron chi connectivity index (χ0n) is 20.2. The molecule has 0 aromatic carbocycles. The lowest BCUT2D eigenvalue weighted by Gasteiger charge is -2.25. The molecule has 0 aliphatic rings. The van der Waals surface area contributed by atoms with E-state index < -0.39 is 5.60 Å². The van der Waals surface area contributed by atoms with Gasteiger partial charge in [-0.2, -0.15) is 0 Å². The predicted molar refractivity (Wildman–Crippen MR) is 124 cm³/mol. The van der Waals surface area contributed by atoms with Gasteiger partial charge < -0.3 is 19.7 Å². The van der Waals surface area contributed by atoms with Crippen LogP contribution in [0.4, 0.5) is 5.82 Å². The van der Waals surface area contributed by atoms with Crippen LogP contribution in [0, 0.1) is 0 Å². The molecule has 172 valence electrons. The van der Waals surface area contributed by atoms with E-state index in [0.29, 0.717) is 6.42 Å². The summed E-state index contributed by atoms with van der Waals surface area (Å²) in [5, 5.41) is 3.20. The van der Waals surface area contributed by atoms with Gasteiger partial charge in [0.2, 0.25) is 0 Å². The molecule has 1 N–H and O–H groups in total. The van der Waals surface area contributed by atoms with Crippen LogP contribution in [0.3, 0.4) is 0 Å². The first-order valence-electron chi connectivity index (χ1n) is 11.3. The molecule has 1 atom stereocenters. The highest BCUT2D eigenvalue weighted by molar-refractivity contribution is 5.69. The van der Waals surface area contributed by atoms with Crippen molar-refractivity contribution in [1.82, 2.24) is 9.88 Å². The molecular formula is C24H43N3O3. The molecule has 0 amide bonds.